The minimum Gasteiger partial charge on any atom is -0.507 e. The Labute approximate surface area is 104 Å². The van der Waals surface area contributed by atoms with Crippen molar-refractivity contribution in [2.24, 2.45) is 5.92 Å². The van der Waals surface area contributed by atoms with E-state index in [0.29, 0.717) is 11.8 Å². The highest BCUT2D eigenvalue weighted by molar-refractivity contribution is 5.42. The lowest BCUT2D eigenvalue weighted by atomic mass is 10.0. The SMILES string of the molecule is Cc1cc(CNC2CCCC2C)cc(C)c1O. The molecule has 1 aromatic carbocycles. The highest BCUT2D eigenvalue weighted by Gasteiger charge is 2.22. The smallest absolute Gasteiger partial charge is 0.121 e. The standard InChI is InChI=1S/C15H23NO/c1-10-5-4-6-14(10)16-9-13-7-11(2)15(17)12(3)8-13/h7-8,10,14,16-17H,4-6,9H2,1-3H3. The number of benzene rings is 1. The summed E-state index contributed by atoms with van der Waals surface area (Å²) in [5, 5.41) is 13.4. The van der Waals surface area contributed by atoms with Gasteiger partial charge in [0.25, 0.3) is 0 Å². The molecule has 2 unspecified atom stereocenters. The van der Waals surface area contributed by atoms with Crippen LogP contribution in [0.1, 0.15) is 42.9 Å². The van der Waals surface area contributed by atoms with Crippen LogP contribution in [-0.4, -0.2) is 11.1 Å². The quantitative estimate of drug-likeness (QED) is 0.839. The lowest BCUT2D eigenvalue weighted by molar-refractivity contribution is 0.425. The third kappa shape index (κ3) is 2.81. The second kappa shape index (κ2) is 5.09. The predicted molar refractivity (Wildman–Crippen MR) is 71.2 cm³/mol. The van der Waals surface area contributed by atoms with Crippen molar-refractivity contribution in [2.75, 3.05) is 0 Å². The molecule has 1 aromatic rings. The number of nitrogens with one attached hydrogen (secondary N) is 1. The van der Waals surface area contributed by atoms with Gasteiger partial charge in [-0.3, -0.25) is 0 Å². The van der Waals surface area contributed by atoms with E-state index in [1.165, 1.54) is 24.8 Å². The number of phenolic OH excluding ortho intramolecular Hbond substituents is 1. The van der Waals surface area contributed by atoms with Gasteiger partial charge in [0.05, 0.1) is 0 Å². The van der Waals surface area contributed by atoms with Crippen LogP contribution in [0, 0.1) is 19.8 Å². The highest BCUT2D eigenvalue weighted by Crippen LogP contribution is 2.26. The summed E-state index contributed by atoms with van der Waals surface area (Å²) in [7, 11) is 0. The fraction of sp³-hybridized carbons (Fsp3) is 0.600. The van der Waals surface area contributed by atoms with Crippen LogP contribution >= 0.6 is 0 Å². The lowest BCUT2D eigenvalue weighted by Gasteiger charge is -2.18. The predicted octanol–water partition coefficient (Wildman–Crippen LogP) is 3.29. The fourth-order valence-electron chi connectivity index (χ4n) is 2.85. The van der Waals surface area contributed by atoms with Crippen LogP contribution in [-0.2, 0) is 6.54 Å². The van der Waals surface area contributed by atoms with E-state index >= 15 is 0 Å². The molecule has 2 N–H and O–H groups in total. The number of aryl methyl sites for hydroxylation is 2. The molecule has 0 aliphatic heterocycles. The van der Waals surface area contributed by atoms with Gasteiger partial charge in [-0.25, -0.2) is 0 Å². The molecule has 94 valence electrons. The van der Waals surface area contributed by atoms with Crippen molar-refractivity contribution >= 4 is 0 Å². The summed E-state index contributed by atoms with van der Waals surface area (Å²) >= 11 is 0. The maximum Gasteiger partial charge on any atom is 0.121 e. The van der Waals surface area contributed by atoms with Crippen LogP contribution in [0.25, 0.3) is 0 Å². The highest BCUT2D eigenvalue weighted by atomic mass is 16.3. The zero-order chi connectivity index (χ0) is 12.4. The van der Waals surface area contributed by atoms with Gasteiger partial charge < -0.3 is 10.4 Å². The van der Waals surface area contributed by atoms with Gasteiger partial charge in [-0.05, 0) is 49.3 Å². The Hall–Kier alpha value is -1.02. The summed E-state index contributed by atoms with van der Waals surface area (Å²) in [5.74, 6) is 1.23. The molecular weight excluding hydrogens is 210 g/mol. The number of hydrogen-bond acceptors (Lipinski definition) is 2. The number of hydrogen-bond donors (Lipinski definition) is 2. The maximum absolute atomic E-state index is 9.73. The number of aromatic hydroxyl groups is 1. The third-order valence-electron chi connectivity index (χ3n) is 3.98. The minimum atomic E-state index is 0.433. The Morgan fingerprint density at radius 1 is 1.24 bits per heavy atom. The van der Waals surface area contributed by atoms with Crippen LogP contribution < -0.4 is 5.32 Å². The molecule has 0 spiro atoms. The molecule has 1 aliphatic carbocycles. The Balaban J connectivity index is 1.99. The first kappa shape index (κ1) is 12.4. The van der Waals surface area contributed by atoms with Crippen molar-refractivity contribution < 1.29 is 5.11 Å². The van der Waals surface area contributed by atoms with E-state index < -0.39 is 0 Å². The normalized spacial score (nSPS) is 24.2. The Morgan fingerprint density at radius 3 is 2.41 bits per heavy atom. The van der Waals surface area contributed by atoms with Gasteiger partial charge >= 0.3 is 0 Å². The van der Waals surface area contributed by atoms with Crippen LogP contribution in [0.3, 0.4) is 0 Å². The van der Waals surface area contributed by atoms with Gasteiger partial charge in [0.1, 0.15) is 5.75 Å². The molecule has 2 nitrogen and oxygen atoms in total. The van der Waals surface area contributed by atoms with Gasteiger partial charge in [-0.15, -0.1) is 0 Å². The first-order chi connectivity index (χ1) is 8.08. The molecule has 1 saturated carbocycles. The van der Waals surface area contributed by atoms with E-state index in [4.69, 9.17) is 0 Å². The number of phenols is 1. The van der Waals surface area contributed by atoms with Crippen molar-refractivity contribution in [1.82, 2.24) is 5.32 Å². The Morgan fingerprint density at radius 2 is 1.88 bits per heavy atom. The molecule has 2 atom stereocenters. The summed E-state index contributed by atoms with van der Waals surface area (Å²) in [6, 6.07) is 4.83. The molecule has 1 aliphatic rings. The summed E-state index contributed by atoms with van der Waals surface area (Å²) in [4.78, 5) is 0. The van der Waals surface area contributed by atoms with Crippen molar-refractivity contribution in [3.05, 3.63) is 28.8 Å². The zero-order valence-electron chi connectivity index (χ0n) is 11.1. The molecule has 0 bridgehead atoms. The van der Waals surface area contributed by atoms with E-state index in [1.54, 1.807) is 0 Å². The van der Waals surface area contributed by atoms with E-state index in [1.807, 2.05) is 13.8 Å². The lowest BCUT2D eigenvalue weighted by Crippen LogP contribution is -2.30. The largest absolute Gasteiger partial charge is 0.507 e. The van der Waals surface area contributed by atoms with Crippen molar-refractivity contribution in [1.29, 1.82) is 0 Å². The molecule has 0 saturated heterocycles. The molecule has 1 fully saturated rings. The van der Waals surface area contributed by atoms with Gasteiger partial charge in [-0.2, -0.15) is 0 Å². The van der Waals surface area contributed by atoms with Crippen LogP contribution in [0.15, 0.2) is 12.1 Å². The molecule has 0 heterocycles. The van der Waals surface area contributed by atoms with Gasteiger partial charge in [0.2, 0.25) is 0 Å². The first-order valence-corrected chi connectivity index (χ1v) is 6.60. The van der Waals surface area contributed by atoms with E-state index in [9.17, 15) is 5.11 Å². The van der Waals surface area contributed by atoms with Gasteiger partial charge in [-0.1, -0.05) is 25.5 Å². The Bertz CT molecular complexity index is 377. The zero-order valence-corrected chi connectivity index (χ0v) is 11.1. The average molecular weight is 233 g/mol. The summed E-state index contributed by atoms with van der Waals surface area (Å²) in [5.41, 5.74) is 3.22. The minimum absolute atomic E-state index is 0.433. The first-order valence-electron chi connectivity index (χ1n) is 6.60. The Kier molecular flexibility index (Phi) is 3.72. The number of rotatable bonds is 3. The maximum atomic E-state index is 9.73. The van der Waals surface area contributed by atoms with E-state index in [-0.39, 0.29) is 0 Å². The molecule has 0 radical (unpaired) electrons. The second-order valence-electron chi connectivity index (χ2n) is 5.47. The molecule has 2 heteroatoms. The third-order valence-corrected chi connectivity index (χ3v) is 3.98. The summed E-state index contributed by atoms with van der Waals surface area (Å²) in [6.45, 7) is 7.17. The average Bonchev–Trinajstić information content (AvgIpc) is 2.69. The summed E-state index contributed by atoms with van der Waals surface area (Å²) in [6.07, 6.45) is 4.01. The topological polar surface area (TPSA) is 32.3 Å². The second-order valence-corrected chi connectivity index (χ2v) is 5.47. The van der Waals surface area contributed by atoms with Crippen molar-refractivity contribution in [3.63, 3.8) is 0 Å². The molecule has 2 rings (SSSR count). The van der Waals surface area contributed by atoms with Gasteiger partial charge in [0, 0.05) is 12.6 Å². The van der Waals surface area contributed by atoms with Crippen molar-refractivity contribution in [3.8, 4) is 5.75 Å². The van der Waals surface area contributed by atoms with E-state index in [2.05, 4.69) is 24.4 Å². The molecule has 0 aromatic heterocycles. The molecular formula is C15H23NO. The van der Waals surface area contributed by atoms with Crippen LogP contribution in [0.5, 0.6) is 5.75 Å². The monoisotopic (exact) mass is 233 g/mol. The fourth-order valence-corrected chi connectivity index (χ4v) is 2.85. The van der Waals surface area contributed by atoms with Crippen LogP contribution in [0.4, 0.5) is 0 Å². The summed E-state index contributed by atoms with van der Waals surface area (Å²) < 4.78 is 0. The van der Waals surface area contributed by atoms with Gasteiger partial charge in [0.15, 0.2) is 0 Å². The molecule has 17 heavy (non-hydrogen) atoms. The van der Waals surface area contributed by atoms with E-state index in [0.717, 1.165) is 23.6 Å². The van der Waals surface area contributed by atoms with Crippen molar-refractivity contribution in [2.45, 2.75) is 52.6 Å². The molecule has 0 amide bonds. The van der Waals surface area contributed by atoms with Crippen LogP contribution in [0.2, 0.25) is 0 Å².